The van der Waals surface area contributed by atoms with E-state index in [-0.39, 0.29) is 6.42 Å². The number of carboxylic acids is 1. The summed E-state index contributed by atoms with van der Waals surface area (Å²) in [5.41, 5.74) is 2.90. The highest BCUT2D eigenvalue weighted by molar-refractivity contribution is 6.42. The molecule has 0 aliphatic rings. The smallest absolute Gasteiger partial charge is 0.309 e. The number of carboxylic acid groups (broad SMARTS) is 1. The molecule has 0 aliphatic heterocycles. The van der Waals surface area contributed by atoms with Gasteiger partial charge in [-0.15, -0.1) is 0 Å². The lowest BCUT2D eigenvalue weighted by atomic mass is 10.1. The van der Waals surface area contributed by atoms with Crippen LogP contribution in [-0.2, 0) is 11.2 Å². The number of benzene rings is 2. The average Bonchev–Trinajstić information content (AvgIpc) is 2.94. The summed E-state index contributed by atoms with van der Waals surface area (Å²) in [5, 5.41) is 14.4. The third-order valence-corrected chi connectivity index (χ3v) is 4.10. The molecule has 0 amide bonds. The summed E-state index contributed by atoms with van der Waals surface area (Å²) in [6, 6.07) is 14.7. The Kier molecular flexibility index (Phi) is 4.37. The van der Waals surface area contributed by atoms with Gasteiger partial charge in [0.2, 0.25) is 0 Å². The summed E-state index contributed by atoms with van der Waals surface area (Å²) in [7, 11) is 0. The zero-order valence-electron chi connectivity index (χ0n) is 11.9. The predicted molar refractivity (Wildman–Crippen MR) is 90.4 cm³/mol. The molecule has 0 radical (unpaired) electrons. The Hall–Kier alpha value is -2.30. The lowest BCUT2D eigenvalue weighted by Crippen LogP contribution is -2.03. The maximum absolute atomic E-state index is 11.1. The van der Waals surface area contributed by atoms with Gasteiger partial charge in [-0.1, -0.05) is 53.5 Å². The molecule has 2 aromatic carbocycles. The molecule has 4 nitrogen and oxygen atoms in total. The average molecular weight is 347 g/mol. The zero-order chi connectivity index (χ0) is 16.4. The molecule has 0 saturated heterocycles. The van der Waals surface area contributed by atoms with Crippen molar-refractivity contribution in [2.24, 2.45) is 0 Å². The van der Waals surface area contributed by atoms with Crippen LogP contribution >= 0.6 is 23.2 Å². The summed E-state index contributed by atoms with van der Waals surface area (Å²) < 4.78 is 1.61. The van der Waals surface area contributed by atoms with Crippen LogP contribution in [0.25, 0.3) is 16.8 Å². The highest BCUT2D eigenvalue weighted by Crippen LogP contribution is 2.28. The second-order valence-electron chi connectivity index (χ2n) is 4.97. The Morgan fingerprint density at radius 1 is 1.09 bits per heavy atom. The number of nitrogens with zero attached hydrogens (tertiary/aromatic N) is 2. The van der Waals surface area contributed by atoms with E-state index < -0.39 is 5.97 Å². The minimum atomic E-state index is -0.929. The maximum Gasteiger partial charge on any atom is 0.309 e. The number of aliphatic carboxylic acids is 1. The van der Waals surface area contributed by atoms with Crippen LogP contribution in [0, 0.1) is 0 Å². The first-order valence-electron chi connectivity index (χ1n) is 6.86. The van der Waals surface area contributed by atoms with Crippen molar-refractivity contribution in [1.82, 2.24) is 9.78 Å². The van der Waals surface area contributed by atoms with E-state index in [4.69, 9.17) is 28.3 Å². The van der Waals surface area contributed by atoms with Crippen LogP contribution in [-0.4, -0.2) is 20.9 Å². The highest BCUT2D eigenvalue weighted by Gasteiger charge is 2.15. The molecule has 1 heterocycles. The molecule has 0 fully saturated rings. The summed E-state index contributed by atoms with van der Waals surface area (Å²) >= 11 is 12.0. The van der Waals surface area contributed by atoms with Crippen molar-refractivity contribution in [3.8, 4) is 16.8 Å². The normalized spacial score (nSPS) is 10.7. The Bertz CT molecular complexity index is 860. The minimum absolute atomic E-state index is 0.154. The van der Waals surface area contributed by atoms with E-state index in [9.17, 15) is 4.79 Å². The minimum Gasteiger partial charge on any atom is -0.481 e. The standard InChI is InChI=1S/C17H12Cl2N2O2/c18-14-7-6-12(8-15(14)19)21-10-13(11-4-2-1-3-5-11)16(20-21)9-17(22)23/h1-8,10H,9H2,(H,22,23). The third kappa shape index (κ3) is 3.38. The van der Waals surface area contributed by atoms with Crippen molar-refractivity contribution in [2.45, 2.75) is 6.42 Å². The van der Waals surface area contributed by atoms with E-state index in [1.54, 1.807) is 29.1 Å². The summed E-state index contributed by atoms with van der Waals surface area (Å²) in [5.74, 6) is -0.929. The van der Waals surface area contributed by atoms with Crippen LogP contribution in [0.4, 0.5) is 0 Å². The number of hydrogen-bond acceptors (Lipinski definition) is 2. The van der Waals surface area contributed by atoms with Gasteiger partial charge in [0, 0.05) is 11.8 Å². The fraction of sp³-hybridized carbons (Fsp3) is 0.0588. The number of rotatable bonds is 4. The molecule has 0 spiro atoms. The summed E-state index contributed by atoms with van der Waals surface area (Å²) in [4.78, 5) is 11.1. The van der Waals surface area contributed by atoms with E-state index in [1.807, 2.05) is 30.3 Å². The first-order valence-corrected chi connectivity index (χ1v) is 7.61. The highest BCUT2D eigenvalue weighted by atomic mass is 35.5. The number of aromatic nitrogens is 2. The molecule has 0 unspecified atom stereocenters. The SMILES string of the molecule is O=C(O)Cc1nn(-c2ccc(Cl)c(Cl)c2)cc1-c1ccccc1. The molecular formula is C17H12Cl2N2O2. The van der Waals surface area contributed by atoms with Gasteiger partial charge >= 0.3 is 5.97 Å². The van der Waals surface area contributed by atoms with Gasteiger partial charge in [0.1, 0.15) is 0 Å². The van der Waals surface area contributed by atoms with Crippen molar-refractivity contribution < 1.29 is 9.90 Å². The topological polar surface area (TPSA) is 55.1 Å². The van der Waals surface area contributed by atoms with E-state index in [1.165, 1.54) is 0 Å². The Labute approximate surface area is 142 Å². The van der Waals surface area contributed by atoms with Crippen LogP contribution in [0.2, 0.25) is 10.0 Å². The monoisotopic (exact) mass is 346 g/mol. The molecule has 3 aromatic rings. The molecule has 0 saturated carbocycles. The second-order valence-corrected chi connectivity index (χ2v) is 5.78. The van der Waals surface area contributed by atoms with E-state index in [2.05, 4.69) is 5.10 Å². The third-order valence-electron chi connectivity index (χ3n) is 3.36. The Balaban J connectivity index is 2.10. The first kappa shape index (κ1) is 15.6. The van der Waals surface area contributed by atoms with Crippen LogP contribution in [0.1, 0.15) is 5.69 Å². The predicted octanol–water partition coefficient (Wildman–Crippen LogP) is 4.47. The molecule has 23 heavy (non-hydrogen) atoms. The van der Waals surface area contributed by atoms with Crippen LogP contribution < -0.4 is 0 Å². The lowest BCUT2D eigenvalue weighted by molar-refractivity contribution is -0.136. The van der Waals surface area contributed by atoms with Crippen molar-refractivity contribution in [3.63, 3.8) is 0 Å². The molecule has 0 bridgehead atoms. The molecule has 0 atom stereocenters. The quantitative estimate of drug-likeness (QED) is 0.757. The van der Waals surface area contributed by atoms with Gasteiger partial charge in [0.05, 0.1) is 27.8 Å². The fourth-order valence-electron chi connectivity index (χ4n) is 2.30. The van der Waals surface area contributed by atoms with Gasteiger partial charge in [-0.3, -0.25) is 4.79 Å². The van der Waals surface area contributed by atoms with E-state index >= 15 is 0 Å². The van der Waals surface area contributed by atoms with Crippen molar-refractivity contribution in [1.29, 1.82) is 0 Å². The maximum atomic E-state index is 11.1. The largest absolute Gasteiger partial charge is 0.481 e. The number of halogens is 2. The van der Waals surface area contributed by atoms with Crippen molar-refractivity contribution >= 4 is 29.2 Å². The molecule has 1 aromatic heterocycles. The van der Waals surface area contributed by atoms with E-state index in [0.29, 0.717) is 21.4 Å². The van der Waals surface area contributed by atoms with Crippen molar-refractivity contribution in [2.75, 3.05) is 0 Å². The van der Waals surface area contributed by atoms with Crippen LogP contribution in [0.5, 0.6) is 0 Å². The Morgan fingerprint density at radius 2 is 1.83 bits per heavy atom. The molecule has 0 aliphatic carbocycles. The van der Waals surface area contributed by atoms with E-state index in [0.717, 1.165) is 11.1 Å². The Morgan fingerprint density at radius 3 is 2.48 bits per heavy atom. The number of hydrogen-bond donors (Lipinski definition) is 1. The molecular weight excluding hydrogens is 335 g/mol. The number of carbonyl (C=O) groups is 1. The summed E-state index contributed by atoms with van der Waals surface area (Å²) in [6.45, 7) is 0. The van der Waals surface area contributed by atoms with Crippen molar-refractivity contribution in [3.05, 3.63) is 70.5 Å². The van der Waals surface area contributed by atoms with Crippen LogP contribution in [0.15, 0.2) is 54.7 Å². The first-order chi connectivity index (χ1) is 11.0. The molecule has 6 heteroatoms. The summed E-state index contributed by atoms with van der Waals surface area (Å²) in [6.07, 6.45) is 1.64. The van der Waals surface area contributed by atoms with Gasteiger partial charge in [0.25, 0.3) is 0 Å². The fourth-order valence-corrected chi connectivity index (χ4v) is 2.59. The van der Waals surface area contributed by atoms with Crippen LogP contribution in [0.3, 0.4) is 0 Å². The van der Waals surface area contributed by atoms with Gasteiger partial charge < -0.3 is 5.11 Å². The molecule has 116 valence electrons. The van der Waals surface area contributed by atoms with Gasteiger partial charge in [-0.05, 0) is 23.8 Å². The zero-order valence-corrected chi connectivity index (χ0v) is 13.4. The lowest BCUT2D eigenvalue weighted by Gasteiger charge is -2.02. The van der Waals surface area contributed by atoms with Gasteiger partial charge in [0.15, 0.2) is 0 Å². The van der Waals surface area contributed by atoms with Gasteiger partial charge in [-0.2, -0.15) is 5.10 Å². The molecule has 1 N–H and O–H groups in total. The second kappa shape index (κ2) is 6.44. The van der Waals surface area contributed by atoms with Gasteiger partial charge in [-0.25, -0.2) is 4.68 Å². The molecule has 3 rings (SSSR count).